The number of carbonyl (C=O) groups is 1. The number of nitrogens with two attached hydrogens (primary N) is 1. The van der Waals surface area contributed by atoms with Gasteiger partial charge in [0, 0.05) is 19.1 Å². The Hall–Kier alpha value is -1.80. The number of ether oxygens (including phenoxy) is 1. The Kier molecular flexibility index (Phi) is 8.18. The van der Waals surface area contributed by atoms with Crippen molar-refractivity contribution in [2.45, 2.75) is 39.1 Å². The van der Waals surface area contributed by atoms with Gasteiger partial charge >= 0.3 is 6.36 Å². The molecule has 0 heterocycles. The number of benzene rings is 1. The van der Waals surface area contributed by atoms with Gasteiger partial charge in [-0.05, 0) is 30.0 Å². The number of rotatable bonds is 9. The van der Waals surface area contributed by atoms with Crippen molar-refractivity contribution < 1.29 is 27.8 Å². The first-order chi connectivity index (χ1) is 11.7. The molecule has 8 heteroatoms. The van der Waals surface area contributed by atoms with Crippen molar-refractivity contribution in [1.29, 1.82) is 0 Å². The third kappa shape index (κ3) is 7.74. The Balaban J connectivity index is 2.54. The van der Waals surface area contributed by atoms with Gasteiger partial charge in [0.05, 0.1) is 6.04 Å². The molecule has 142 valence electrons. The molecule has 1 aromatic rings. The van der Waals surface area contributed by atoms with Gasteiger partial charge in [0.1, 0.15) is 5.75 Å². The lowest BCUT2D eigenvalue weighted by Gasteiger charge is -2.20. The van der Waals surface area contributed by atoms with Crippen LogP contribution in [0.2, 0.25) is 0 Å². The van der Waals surface area contributed by atoms with Crippen LogP contribution in [0.5, 0.6) is 5.75 Å². The highest BCUT2D eigenvalue weighted by molar-refractivity contribution is 5.81. The summed E-state index contributed by atoms with van der Waals surface area (Å²) in [6.07, 6.45) is -3.54. The molecule has 0 spiro atoms. The second-order valence-corrected chi connectivity index (χ2v) is 6.10. The largest absolute Gasteiger partial charge is 0.573 e. The number of aliphatic hydroxyl groups excluding tert-OH is 1. The SMILES string of the molecule is CCC(C)C(N)C(=O)NCC(CO)Cc1ccc(OC(F)(F)F)cc1. The molecular formula is C17H25F3N2O3. The monoisotopic (exact) mass is 362 g/mol. The second-order valence-electron chi connectivity index (χ2n) is 6.10. The minimum Gasteiger partial charge on any atom is -0.406 e. The molecule has 0 saturated heterocycles. The van der Waals surface area contributed by atoms with E-state index in [-0.39, 0.29) is 36.6 Å². The van der Waals surface area contributed by atoms with Crippen LogP contribution in [-0.4, -0.2) is 36.6 Å². The number of nitrogens with one attached hydrogen (secondary N) is 1. The van der Waals surface area contributed by atoms with Crippen LogP contribution < -0.4 is 15.8 Å². The van der Waals surface area contributed by atoms with E-state index in [1.807, 2.05) is 13.8 Å². The van der Waals surface area contributed by atoms with Gasteiger partial charge in [-0.25, -0.2) is 0 Å². The van der Waals surface area contributed by atoms with Crippen molar-refractivity contribution in [3.8, 4) is 5.75 Å². The van der Waals surface area contributed by atoms with E-state index in [4.69, 9.17) is 5.73 Å². The van der Waals surface area contributed by atoms with Gasteiger partial charge in [0.15, 0.2) is 0 Å². The maximum absolute atomic E-state index is 12.1. The maximum atomic E-state index is 12.1. The van der Waals surface area contributed by atoms with E-state index in [9.17, 15) is 23.1 Å². The van der Waals surface area contributed by atoms with E-state index >= 15 is 0 Å². The van der Waals surface area contributed by atoms with Crippen LogP contribution in [0.15, 0.2) is 24.3 Å². The molecule has 0 bridgehead atoms. The van der Waals surface area contributed by atoms with Crippen molar-refractivity contribution in [2.24, 2.45) is 17.6 Å². The molecule has 0 radical (unpaired) electrons. The molecule has 3 unspecified atom stereocenters. The molecule has 1 amide bonds. The highest BCUT2D eigenvalue weighted by Gasteiger charge is 2.31. The number of hydrogen-bond acceptors (Lipinski definition) is 4. The van der Waals surface area contributed by atoms with E-state index < -0.39 is 12.4 Å². The predicted molar refractivity (Wildman–Crippen MR) is 87.8 cm³/mol. The summed E-state index contributed by atoms with van der Waals surface area (Å²) in [4.78, 5) is 12.0. The smallest absolute Gasteiger partial charge is 0.406 e. The third-order valence-corrected chi connectivity index (χ3v) is 4.06. The number of hydrogen-bond donors (Lipinski definition) is 3. The Bertz CT molecular complexity index is 535. The summed E-state index contributed by atoms with van der Waals surface area (Å²) in [6.45, 7) is 3.90. The van der Waals surface area contributed by atoms with E-state index in [0.29, 0.717) is 6.42 Å². The summed E-state index contributed by atoms with van der Waals surface area (Å²) >= 11 is 0. The van der Waals surface area contributed by atoms with E-state index in [2.05, 4.69) is 10.1 Å². The number of carbonyl (C=O) groups excluding carboxylic acids is 1. The Morgan fingerprint density at radius 1 is 1.32 bits per heavy atom. The molecule has 0 saturated carbocycles. The van der Waals surface area contributed by atoms with Gasteiger partial charge < -0.3 is 20.9 Å². The van der Waals surface area contributed by atoms with Gasteiger partial charge in [0.25, 0.3) is 0 Å². The molecule has 0 fully saturated rings. The lowest BCUT2D eigenvalue weighted by atomic mass is 9.97. The van der Waals surface area contributed by atoms with Crippen molar-refractivity contribution in [3.63, 3.8) is 0 Å². The zero-order chi connectivity index (χ0) is 19.0. The molecule has 3 atom stereocenters. The summed E-state index contributed by atoms with van der Waals surface area (Å²) in [5.74, 6) is -0.789. The quantitative estimate of drug-likeness (QED) is 0.629. The summed E-state index contributed by atoms with van der Waals surface area (Å²) in [7, 11) is 0. The van der Waals surface area contributed by atoms with Crippen LogP contribution in [0.25, 0.3) is 0 Å². The minimum atomic E-state index is -4.73. The Morgan fingerprint density at radius 3 is 2.40 bits per heavy atom. The highest BCUT2D eigenvalue weighted by atomic mass is 19.4. The lowest BCUT2D eigenvalue weighted by molar-refractivity contribution is -0.274. The first-order valence-corrected chi connectivity index (χ1v) is 8.15. The van der Waals surface area contributed by atoms with Gasteiger partial charge in [-0.1, -0.05) is 32.4 Å². The molecule has 5 nitrogen and oxygen atoms in total. The fraction of sp³-hybridized carbons (Fsp3) is 0.588. The molecule has 0 aromatic heterocycles. The minimum absolute atomic E-state index is 0.0498. The van der Waals surface area contributed by atoms with Gasteiger partial charge in [-0.15, -0.1) is 13.2 Å². The molecule has 1 rings (SSSR count). The first kappa shape index (κ1) is 21.2. The fourth-order valence-corrected chi connectivity index (χ4v) is 2.24. The van der Waals surface area contributed by atoms with Gasteiger partial charge in [-0.2, -0.15) is 0 Å². The Morgan fingerprint density at radius 2 is 1.92 bits per heavy atom. The van der Waals surface area contributed by atoms with Crippen LogP contribution >= 0.6 is 0 Å². The molecule has 0 aliphatic heterocycles. The molecule has 0 aliphatic carbocycles. The number of amides is 1. The van der Waals surface area contributed by atoms with Crippen molar-refractivity contribution in [2.75, 3.05) is 13.2 Å². The zero-order valence-corrected chi connectivity index (χ0v) is 14.3. The van der Waals surface area contributed by atoms with E-state index in [1.165, 1.54) is 24.3 Å². The highest BCUT2D eigenvalue weighted by Crippen LogP contribution is 2.23. The van der Waals surface area contributed by atoms with Gasteiger partial charge in [0.2, 0.25) is 5.91 Å². The summed E-state index contributed by atoms with van der Waals surface area (Å²) in [6, 6.07) is 4.82. The number of halogens is 3. The second kappa shape index (κ2) is 9.62. The van der Waals surface area contributed by atoms with Gasteiger partial charge in [-0.3, -0.25) is 4.79 Å². The fourth-order valence-electron chi connectivity index (χ4n) is 2.24. The topological polar surface area (TPSA) is 84.6 Å². The normalized spacial score (nSPS) is 15.3. The summed E-state index contributed by atoms with van der Waals surface area (Å²) in [5.41, 5.74) is 6.57. The van der Waals surface area contributed by atoms with Crippen LogP contribution in [0.1, 0.15) is 25.8 Å². The first-order valence-electron chi connectivity index (χ1n) is 8.15. The Labute approximate surface area is 145 Å². The average Bonchev–Trinajstić information content (AvgIpc) is 2.56. The van der Waals surface area contributed by atoms with Crippen molar-refractivity contribution >= 4 is 5.91 Å². The summed E-state index contributed by atoms with van der Waals surface area (Å²) < 4.78 is 40.2. The molecule has 0 aliphatic rings. The third-order valence-electron chi connectivity index (χ3n) is 4.06. The number of aliphatic hydroxyl groups is 1. The van der Waals surface area contributed by atoms with Crippen LogP contribution in [0, 0.1) is 11.8 Å². The molecule has 1 aromatic carbocycles. The molecular weight excluding hydrogens is 337 g/mol. The average molecular weight is 362 g/mol. The van der Waals surface area contributed by atoms with Crippen LogP contribution in [0.3, 0.4) is 0 Å². The predicted octanol–water partition coefficient (Wildman–Crippen LogP) is 2.23. The zero-order valence-electron chi connectivity index (χ0n) is 14.3. The van der Waals surface area contributed by atoms with E-state index in [0.717, 1.165) is 12.0 Å². The van der Waals surface area contributed by atoms with Crippen LogP contribution in [0.4, 0.5) is 13.2 Å². The maximum Gasteiger partial charge on any atom is 0.573 e. The molecule has 25 heavy (non-hydrogen) atoms. The summed E-state index contributed by atoms with van der Waals surface area (Å²) in [5, 5.41) is 12.2. The van der Waals surface area contributed by atoms with Crippen molar-refractivity contribution in [1.82, 2.24) is 5.32 Å². The van der Waals surface area contributed by atoms with Crippen LogP contribution in [-0.2, 0) is 11.2 Å². The number of alkyl halides is 3. The van der Waals surface area contributed by atoms with Crippen molar-refractivity contribution in [3.05, 3.63) is 29.8 Å². The molecule has 4 N–H and O–H groups in total. The van der Waals surface area contributed by atoms with E-state index in [1.54, 1.807) is 0 Å². The lowest BCUT2D eigenvalue weighted by Crippen LogP contribution is -2.46. The standard InChI is InChI=1S/C17H25F3N2O3/c1-3-11(2)15(21)16(24)22-9-13(10-23)8-12-4-6-14(7-5-12)25-17(18,19)20/h4-7,11,13,15,23H,3,8-10,21H2,1-2H3,(H,22,24).